The normalized spacial score (nSPS) is 14.9. The lowest BCUT2D eigenvalue weighted by molar-refractivity contribution is 0.730. The van der Waals surface area contributed by atoms with Gasteiger partial charge in [0.15, 0.2) is 0 Å². The van der Waals surface area contributed by atoms with Crippen LogP contribution in [0.25, 0.3) is 17.9 Å². The zero-order valence-electron chi connectivity index (χ0n) is 11.7. The van der Waals surface area contributed by atoms with Crippen LogP contribution in [0.1, 0.15) is 24.1 Å². The molecule has 0 saturated heterocycles. The standard InChI is InChI=1S/C16H13ClN4O/c17-11-7-5-10(6-8-11)9-14-15(22)19-16-18-12-3-1-2-4-13(12)20-21(14)16/h3,5-9H,1-2,4H2,(H,18,19,22)/b14-9-. The summed E-state index contributed by atoms with van der Waals surface area (Å²) in [6.07, 6.45) is 6.82. The summed E-state index contributed by atoms with van der Waals surface area (Å²) >= 11 is 5.89. The summed E-state index contributed by atoms with van der Waals surface area (Å²) in [4.78, 5) is 19.5. The van der Waals surface area contributed by atoms with Crippen molar-refractivity contribution in [2.24, 2.45) is 0 Å². The van der Waals surface area contributed by atoms with Crippen molar-refractivity contribution in [2.75, 3.05) is 0 Å². The van der Waals surface area contributed by atoms with Crippen LogP contribution in [0.4, 0.5) is 0 Å². The zero-order valence-corrected chi connectivity index (χ0v) is 12.5. The van der Waals surface area contributed by atoms with E-state index in [-0.39, 0.29) is 5.56 Å². The third kappa shape index (κ3) is 2.23. The summed E-state index contributed by atoms with van der Waals surface area (Å²) in [5.74, 6) is 0.474. The molecule has 0 radical (unpaired) electrons. The van der Waals surface area contributed by atoms with Gasteiger partial charge in [-0.2, -0.15) is 9.61 Å². The lowest BCUT2D eigenvalue weighted by Crippen LogP contribution is -2.30. The maximum atomic E-state index is 12.2. The highest BCUT2D eigenvalue weighted by Gasteiger charge is 2.10. The molecule has 2 aromatic heterocycles. The average molecular weight is 313 g/mol. The summed E-state index contributed by atoms with van der Waals surface area (Å²) in [6.45, 7) is 0. The Morgan fingerprint density at radius 1 is 1.27 bits per heavy atom. The summed E-state index contributed by atoms with van der Waals surface area (Å²) in [6, 6.07) is 7.31. The summed E-state index contributed by atoms with van der Waals surface area (Å²) in [7, 11) is 0. The maximum absolute atomic E-state index is 12.2. The van der Waals surface area contributed by atoms with E-state index in [0.717, 1.165) is 35.9 Å². The Balaban J connectivity index is 2.00. The molecular weight excluding hydrogens is 300 g/mol. The van der Waals surface area contributed by atoms with Crippen molar-refractivity contribution in [1.82, 2.24) is 19.6 Å². The molecule has 110 valence electrons. The number of hydrogen-bond acceptors (Lipinski definition) is 3. The SMILES string of the molecule is O=c1[nH]c2nc3c(nn2/c1=C\c1ccc(Cl)cc1)CCCC=3. The number of hydrogen-bond donors (Lipinski definition) is 1. The molecule has 0 bridgehead atoms. The second kappa shape index (κ2) is 5.10. The van der Waals surface area contributed by atoms with Crippen molar-refractivity contribution in [2.45, 2.75) is 19.3 Å². The van der Waals surface area contributed by atoms with Crippen molar-refractivity contribution < 1.29 is 0 Å². The zero-order chi connectivity index (χ0) is 15.1. The second-order valence-corrected chi connectivity index (χ2v) is 5.75. The van der Waals surface area contributed by atoms with Crippen LogP contribution in [-0.4, -0.2) is 19.6 Å². The van der Waals surface area contributed by atoms with Crippen LogP contribution in [0.5, 0.6) is 0 Å². The fourth-order valence-electron chi connectivity index (χ4n) is 2.65. The van der Waals surface area contributed by atoms with E-state index in [4.69, 9.17) is 11.6 Å². The van der Waals surface area contributed by atoms with Gasteiger partial charge in [0.05, 0.1) is 11.0 Å². The topological polar surface area (TPSA) is 63.0 Å². The molecule has 1 aliphatic carbocycles. The molecule has 22 heavy (non-hydrogen) atoms. The lowest BCUT2D eigenvalue weighted by atomic mass is 10.1. The second-order valence-electron chi connectivity index (χ2n) is 5.31. The first kappa shape index (κ1) is 13.3. The summed E-state index contributed by atoms with van der Waals surface area (Å²) in [5, 5.41) is 6.60. The molecule has 1 N–H and O–H groups in total. The number of H-pyrrole nitrogens is 1. The number of benzene rings is 1. The first-order valence-corrected chi connectivity index (χ1v) is 7.54. The number of fused-ring (bicyclic) bond motifs is 2. The van der Waals surface area contributed by atoms with Gasteiger partial charge in [0.25, 0.3) is 5.56 Å². The van der Waals surface area contributed by atoms with Gasteiger partial charge in [-0.3, -0.25) is 9.78 Å². The number of nitrogens with one attached hydrogen (secondary N) is 1. The van der Waals surface area contributed by atoms with E-state index in [0.29, 0.717) is 16.1 Å². The van der Waals surface area contributed by atoms with Crippen molar-refractivity contribution in [3.05, 3.63) is 61.6 Å². The molecule has 5 nitrogen and oxygen atoms in total. The summed E-state index contributed by atoms with van der Waals surface area (Å²) < 4.78 is 1.59. The number of imidazole rings is 1. The Morgan fingerprint density at radius 3 is 2.91 bits per heavy atom. The Bertz CT molecular complexity index is 1030. The third-order valence-corrected chi connectivity index (χ3v) is 4.01. The molecule has 3 aromatic rings. The summed E-state index contributed by atoms with van der Waals surface area (Å²) in [5.41, 5.74) is 1.63. The Morgan fingerprint density at radius 2 is 2.09 bits per heavy atom. The number of aryl methyl sites for hydroxylation is 1. The molecule has 0 unspecified atom stereocenters. The first-order chi connectivity index (χ1) is 10.7. The Labute approximate surface area is 130 Å². The third-order valence-electron chi connectivity index (χ3n) is 3.76. The quantitative estimate of drug-likeness (QED) is 0.729. The molecule has 0 amide bonds. The smallest absolute Gasteiger partial charge is 0.276 e. The fourth-order valence-corrected chi connectivity index (χ4v) is 2.78. The van der Waals surface area contributed by atoms with Crippen molar-refractivity contribution in [1.29, 1.82) is 0 Å². The number of aromatic amines is 1. The number of halogens is 1. The molecular formula is C16H13ClN4O. The molecule has 1 aliphatic rings. The highest BCUT2D eigenvalue weighted by molar-refractivity contribution is 6.30. The maximum Gasteiger partial charge on any atom is 0.276 e. The number of rotatable bonds is 1. The van der Waals surface area contributed by atoms with Gasteiger partial charge in [0.2, 0.25) is 5.78 Å². The minimum Gasteiger partial charge on any atom is -0.289 e. The van der Waals surface area contributed by atoms with Crippen LogP contribution in [0.15, 0.2) is 29.1 Å². The van der Waals surface area contributed by atoms with Crippen LogP contribution in [0.3, 0.4) is 0 Å². The Kier molecular flexibility index (Phi) is 3.08. The van der Waals surface area contributed by atoms with Gasteiger partial charge in [-0.1, -0.05) is 29.8 Å². The van der Waals surface area contributed by atoms with Gasteiger partial charge in [-0.25, -0.2) is 4.98 Å². The van der Waals surface area contributed by atoms with Gasteiger partial charge in [-0.05, 0) is 43.0 Å². The first-order valence-electron chi connectivity index (χ1n) is 7.16. The van der Waals surface area contributed by atoms with E-state index in [9.17, 15) is 4.79 Å². The van der Waals surface area contributed by atoms with Gasteiger partial charge in [0.1, 0.15) is 5.35 Å². The van der Waals surface area contributed by atoms with E-state index >= 15 is 0 Å². The van der Waals surface area contributed by atoms with Crippen LogP contribution < -0.4 is 16.3 Å². The Hall–Kier alpha value is -2.40. The van der Waals surface area contributed by atoms with Crippen LogP contribution >= 0.6 is 11.6 Å². The van der Waals surface area contributed by atoms with E-state index in [2.05, 4.69) is 21.1 Å². The van der Waals surface area contributed by atoms with Crippen LogP contribution in [0, 0.1) is 0 Å². The van der Waals surface area contributed by atoms with Crippen molar-refractivity contribution >= 4 is 29.5 Å². The molecule has 1 aromatic carbocycles. The van der Waals surface area contributed by atoms with E-state index < -0.39 is 0 Å². The highest BCUT2D eigenvalue weighted by atomic mass is 35.5. The molecule has 4 rings (SSSR count). The largest absolute Gasteiger partial charge is 0.289 e. The van der Waals surface area contributed by atoms with Gasteiger partial charge in [0, 0.05) is 5.02 Å². The number of aromatic nitrogens is 4. The monoisotopic (exact) mass is 312 g/mol. The molecule has 0 saturated carbocycles. The average Bonchev–Trinajstić information content (AvgIpc) is 2.82. The van der Waals surface area contributed by atoms with E-state index in [1.807, 2.05) is 12.1 Å². The number of nitrogens with zero attached hydrogens (tertiary/aromatic N) is 3. The fraction of sp³-hybridized carbons (Fsp3) is 0.188. The van der Waals surface area contributed by atoms with Gasteiger partial charge in [-0.15, -0.1) is 0 Å². The molecule has 0 atom stereocenters. The molecule has 0 fully saturated rings. The van der Waals surface area contributed by atoms with E-state index in [1.165, 1.54) is 0 Å². The highest BCUT2D eigenvalue weighted by Crippen LogP contribution is 2.09. The van der Waals surface area contributed by atoms with Crippen molar-refractivity contribution in [3.63, 3.8) is 0 Å². The van der Waals surface area contributed by atoms with Gasteiger partial charge >= 0.3 is 0 Å². The predicted octanol–water partition coefficient (Wildman–Crippen LogP) is 1.02. The lowest BCUT2D eigenvalue weighted by Gasteiger charge is -2.06. The molecule has 2 heterocycles. The molecule has 0 spiro atoms. The minimum absolute atomic E-state index is 0.197. The minimum atomic E-state index is -0.197. The van der Waals surface area contributed by atoms with Crippen LogP contribution in [-0.2, 0) is 6.42 Å². The predicted molar refractivity (Wildman–Crippen MR) is 85.3 cm³/mol. The van der Waals surface area contributed by atoms with Crippen molar-refractivity contribution in [3.8, 4) is 0 Å². The van der Waals surface area contributed by atoms with E-state index in [1.54, 1.807) is 22.7 Å². The van der Waals surface area contributed by atoms with Crippen LogP contribution in [0.2, 0.25) is 5.02 Å². The molecule has 0 aliphatic heterocycles. The van der Waals surface area contributed by atoms with Gasteiger partial charge < -0.3 is 0 Å². The molecule has 6 heteroatoms.